The Hall–Kier alpha value is -2.62. The highest BCUT2D eigenvalue weighted by Gasteiger charge is 2.12. The normalized spacial score (nSPS) is 14.2. The fourth-order valence-electron chi connectivity index (χ4n) is 2.64. The monoisotopic (exact) mass is 327 g/mol. The Balaban J connectivity index is 1.57. The first kappa shape index (κ1) is 16.2. The molecule has 1 heterocycles. The fourth-order valence-corrected chi connectivity index (χ4v) is 2.64. The quantitative estimate of drug-likeness (QED) is 0.783. The maximum Gasteiger partial charge on any atom is 0.123 e. The van der Waals surface area contributed by atoms with Gasteiger partial charge in [-0.1, -0.05) is 24.3 Å². The molecule has 24 heavy (non-hydrogen) atoms. The highest BCUT2D eigenvalue weighted by molar-refractivity contribution is 5.26. The van der Waals surface area contributed by atoms with Crippen LogP contribution in [0.3, 0.4) is 0 Å². The lowest BCUT2D eigenvalue weighted by molar-refractivity contribution is 0.200. The van der Waals surface area contributed by atoms with Crippen LogP contribution in [0.4, 0.5) is 8.78 Å². The third-order valence-corrected chi connectivity index (χ3v) is 3.88. The van der Waals surface area contributed by atoms with E-state index in [0.29, 0.717) is 13.2 Å². The van der Waals surface area contributed by atoms with Gasteiger partial charge in [-0.3, -0.25) is 0 Å². The summed E-state index contributed by atoms with van der Waals surface area (Å²) < 4.78 is 32.0. The average molecular weight is 327 g/mol. The second-order valence-electron chi connectivity index (χ2n) is 5.91. The van der Waals surface area contributed by atoms with E-state index in [2.05, 4.69) is 4.90 Å². The Bertz CT molecular complexity index is 765. The van der Waals surface area contributed by atoms with Gasteiger partial charge in [0, 0.05) is 19.3 Å². The van der Waals surface area contributed by atoms with Crippen molar-refractivity contribution in [3.8, 4) is 0 Å². The number of allylic oxidation sites excluding steroid dienone is 1. The summed E-state index contributed by atoms with van der Waals surface area (Å²) >= 11 is 0. The highest BCUT2D eigenvalue weighted by atomic mass is 19.1. The smallest absolute Gasteiger partial charge is 0.123 e. The molecule has 0 aromatic heterocycles. The molecule has 0 atom stereocenters. The number of ether oxygens (including phenoxy) is 1. The molecule has 2 nitrogen and oxygen atoms in total. The van der Waals surface area contributed by atoms with Gasteiger partial charge in [-0.15, -0.1) is 0 Å². The molecule has 0 amide bonds. The van der Waals surface area contributed by atoms with Gasteiger partial charge in [0.1, 0.15) is 24.0 Å². The molecular formula is C20H19F2NO. The summed E-state index contributed by atoms with van der Waals surface area (Å²) in [6.45, 7) is 3.80. The second-order valence-corrected chi connectivity index (χ2v) is 5.91. The molecule has 0 saturated carbocycles. The Morgan fingerprint density at radius 3 is 2.50 bits per heavy atom. The van der Waals surface area contributed by atoms with E-state index in [0.717, 1.165) is 29.0 Å². The average Bonchev–Trinajstić information content (AvgIpc) is 2.56. The van der Waals surface area contributed by atoms with Gasteiger partial charge in [-0.2, -0.15) is 0 Å². The van der Waals surface area contributed by atoms with Crippen LogP contribution in [-0.2, 0) is 17.9 Å². The van der Waals surface area contributed by atoms with Crippen molar-refractivity contribution < 1.29 is 13.5 Å². The first-order valence-corrected chi connectivity index (χ1v) is 7.84. The van der Waals surface area contributed by atoms with Gasteiger partial charge < -0.3 is 9.64 Å². The van der Waals surface area contributed by atoms with Crippen molar-refractivity contribution in [2.45, 2.75) is 20.1 Å². The van der Waals surface area contributed by atoms with Crippen molar-refractivity contribution in [3.05, 3.63) is 94.9 Å². The molecule has 0 bridgehead atoms. The summed E-state index contributed by atoms with van der Waals surface area (Å²) in [4.78, 5) is 2.11. The first-order valence-electron chi connectivity index (χ1n) is 7.84. The Morgan fingerprint density at radius 1 is 1.00 bits per heavy atom. The van der Waals surface area contributed by atoms with Crippen molar-refractivity contribution >= 4 is 0 Å². The van der Waals surface area contributed by atoms with Crippen molar-refractivity contribution in [1.82, 2.24) is 4.90 Å². The zero-order valence-corrected chi connectivity index (χ0v) is 13.5. The van der Waals surface area contributed by atoms with Crippen LogP contribution in [0.1, 0.15) is 18.1 Å². The van der Waals surface area contributed by atoms with Gasteiger partial charge in [0.05, 0.1) is 0 Å². The summed E-state index contributed by atoms with van der Waals surface area (Å²) in [5, 5.41) is 0. The van der Waals surface area contributed by atoms with Crippen LogP contribution in [0.25, 0.3) is 0 Å². The number of nitrogens with zero attached hydrogens (tertiary/aromatic N) is 1. The van der Waals surface area contributed by atoms with Crippen LogP contribution in [0.5, 0.6) is 0 Å². The van der Waals surface area contributed by atoms with Crippen molar-refractivity contribution in [2.75, 3.05) is 6.54 Å². The molecule has 1 aliphatic heterocycles. The van der Waals surface area contributed by atoms with E-state index in [1.54, 1.807) is 24.3 Å². The van der Waals surface area contributed by atoms with E-state index in [-0.39, 0.29) is 11.6 Å². The minimum absolute atomic E-state index is 0.218. The van der Waals surface area contributed by atoms with Crippen molar-refractivity contribution in [1.29, 1.82) is 0 Å². The molecule has 0 aliphatic carbocycles. The molecule has 1 aliphatic rings. The maximum absolute atomic E-state index is 13.3. The van der Waals surface area contributed by atoms with Crippen LogP contribution in [-0.4, -0.2) is 11.4 Å². The van der Waals surface area contributed by atoms with Crippen LogP contribution in [0.15, 0.2) is 72.1 Å². The van der Waals surface area contributed by atoms with E-state index in [9.17, 15) is 8.78 Å². The first-order chi connectivity index (χ1) is 11.6. The summed E-state index contributed by atoms with van der Waals surface area (Å²) in [6, 6.07) is 12.9. The number of hydrogen-bond donors (Lipinski definition) is 0. The Labute approximate surface area is 140 Å². The number of benzene rings is 2. The van der Waals surface area contributed by atoms with Gasteiger partial charge in [-0.05, 0) is 54.0 Å². The summed E-state index contributed by atoms with van der Waals surface area (Å²) in [5.41, 5.74) is 2.96. The summed E-state index contributed by atoms with van der Waals surface area (Å²) in [7, 11) is 0. The summed E-state index contributed by atoms with van der Waals surface area (Å²) in [5.74, 6) is 0.360. The summed E-state index contributed by atoms with van der Waals surface area (Å²) in [6.07, 6.45) is 3.87. The van der Waals surface area contributed by atoms with E-state index < -0.39 is 0 Å². The van der Waals surface area contributed by atoms with Crippen LogP contribution in [0.2, 0.25) is 0 Å². The zero-order valence-electron chi connectivity index (χ0n) is 13.5. The number of halogens is 2. The largest absolute Gasteiger partial charge is 0.489 e. The van der Waals surface area contributed by atoms with Crippen molar-refractivity contribution in [3.63, 3.8) is 0 Å². The van der Waals surface area contributed by atoms with E-state index in [1.165, 1.54) is 18.2 Å². The lowest BCUT2D eigenvalue weighted by Crippen LogP contribution is -2.23. The zero-order chi connectivity index (χ0) is 16.9. The molecule has 2 aromatic carbocycles. The molecule has 0 spiro atoms. The highest BCUT2D eigenvalue weighted by Crippen LogP contribution is 2.19. The van der Waals surface area contributed by atoms with Gasteiger partial charge >= 0.3 is 0 Å². The maximum atomic E-state index is 13.3. The molecule has 0 N–H and O–H groups in total. The molecule has 0 radical (unpaired) electrons. The lowest BCUT2D eigenvalue weighted by Gasteiger charge is -2.26. The van der Waals surface area contributed by atoms with Crippen LogP contribution < -0.4 is 0 Å². The van der Waals surface area contributed by atoms with Crippen LogP contribution >= 0.6 is 0 Å². The lowest BCUT2D eigenvalue weighted by atomic mass is 10.1. The Morgan fingerprint density at radius 2 is 1.79 bits per heavy atom. The van der Waals surface area contributed by atoms with Gasteiger partial charge in [0.25, 0.3) is 0 Å². The molecule has 0 saturated heterocycles. The fraction of sp³-hybridized carbons (Fsp3) is 0.200. The minimum Gasteiger partial charge on any atom is -0.489 e. The molecule has 3 rings (SSSR count). The van der Waals surface area contributed by atoms with E-state index in [4.69, 9.17) is 4.74 Å². The Kier molecular flexibility index (Phi) is 4.94. The van der Waals surface area contributed by atoms with Crippen LogP contribution in [0, 0.1) is 11.6 Å². The van der Waals surface area contributed by atoms with Gasteiger partial charge in [0.2, 0.25) is 0 Å². The van der Waals surface area contributed by atoms with E-state index in [1.807, 2.05) is 25.3 Å². The molecule has 4 heteroatoms. The molecule has 2 aromatic rings. The molecule has 0 unspecified atom stereocenters. The van der Waals surface area contributed by atoms with Crippen molar-refractivity contribution in [2.24, 2.45) is 0 Å². The minimum atomic E-state index is -0.250. The SMILES string of the molecule is CC1=C(OCc2ccc(F)cc2)C=CN(Cc2cccc(F)c2)C1. The number of rotatable bonds is 5. The van der Waals surface area contributed by atoms with Gasteiger partial charge in [-0.25, -0.2) is 8.78 Å². The third kappa shape index (κ3) is 4.22. The third-order valence-electron chi connectivity index (χ3n) is 3.88. The molecule has 0 fully saturated rings. The standard InChI is InChI=1S/C20H19F2NO/c1-15-12-23(13-17-3-2-4-19(22)11-17)10-9-20(15)24-14-16-5-7-18(21)8-6-16/h2-11H,12-14H2,1H3. The second kappa shape index (κ2) is 7.30. The van der Waals surface area contributed by atoms with E-state index >= 15 is 0 Å². The van der Waals surface area contributed by atoms with Gasteiger partial charge in [0.15, 0.2) is 0 Å². The predicted octanol–water partition coefficient (Wildman–Crippen LogP) is 4.78. The topological polar surface area (TPSA) is 12.5 Å². The molecule has 124 valence electrons. The predicted molar refractivity (Wildman–Crippen MR) is 89.8 cm³/mol. The number of hydrogen-bond acceptors (Lipinski definition) is 2. The molecular weight excluding hydrogens is 308 g/mol.